The van der Waals surface area contributed by atoms with Gasteiger partial charge in [-0.3, -0.25) is 4.79 Å². The number of likely N-dealkylation sites (N-methyl/N-ethyl adjacent to an activating group) is 2. The molecule has 1 saturated heterocycles. The zero-order valence-corrected chi connectivity index (χ0v) is 17.6. The normalized spacial score (nSPS) is 20.3. The average molecular weight is 384 g/mol. The Morgan fingerprint density at radius 1 is 1.18 bits per heavy atom. The molecule has 1 aliphatic carbocycles. The Bertz CT molecular complexity index is 781. The topological polar surface area (TPSA) is 66.6 Å². The SMILES string of the molecule is CCC1(CC)CC=C(c2cc(C3CN(C)C(=O)N(C)C3)ccc2C(N)=O)CC1. The Morgan fingerprint density at radius 3 is 2.32 bits per heavy atom. The van der Waals surface area contributed by atoms with Gasteiger partial charge < -0.3 is 15.5 Å². The maximum absolute atomic E-state index is 12.1. The van der Waals surface area contributed by atoms with Crippen molar-refractivity contribution in [2.45, 2.75) is 51.9 Å². The zero-order chi connectivity index (χ0) is 20.5. The molecule has 152 valence electrons. The Kier molecular flexibility index (Phi) is 5.82. The minimum absolute atomic E-state index is 0.0516. The van der Waals surface area contributed by atoms with E-state index >= 15 is 0 Å². The van der Waals surface area contributed by atoms with E-state index < -0.39 is 0 Å². The molecule has 2 N–H and O–H groups in total. The third kappa shape index (κ3) is 3.80. The van der Waals surface area contributed by atoms with E-state index in [-0.39, 0.29) is 17.9 Å². The van der Waals surface area contributed by atoms with Crippen LogP contribution in [0.2, 0.25) is 0 Å². The van der Waals surface area contributed by atoms with Crippen molar-refractivity contribution in [3.8, 4) is 0 Å². The summed E-state index contributed by atoms with van der Waals surface area (Å²) in [4.78, 5) is 27.6. The fourth-order valence-electron chi connectivity index (χ4n) is 4.75. The highest BCUT2D eigenvalue weighted by Crippen LogP contribution is 2.44. The first kappa shape index (κ1) is 20.4. The standard InChI is InChI=1S/C23H33N3O2/c1-5-23(6-2)11-9-16(10-12-23)20-13-17(7-8-19(20)21(24)27)18-14-25(3)22(28)26(4)15-18/h7-9,13,18H,5-6,10-12,14-15H2,1-4H3,(H2,24,27). The Labute approximate surface area is 168 Å². The van der Waals surface area contributed by atoms with Gasteiger partial charge in [-0.2, -0.15) is 0 Å². The van der Waals surface area contributed by atoms with E-state index in [0.29, 0.717) is 24.1 Å². The molecular weight excluding hydrogens is 350 g/mol. The molecule has 0 radical (unpaired) electrons. The lowest BCUT2D eigenvalue weighted by atomic mass is 9.70. The molecular formula is C23H33N3O2. The van der Waals surface area contributed by atoms with E-state index in [1.54, 1.807) is 9.80 Å². The lowest BCUT2D eigenvalue weighted by molar-refractivity contribution is 0.1000. The highest BCUT2D eigenvalue weighted by atomic mass is 16.2. The van der Waals surface area contributed by atoms with E-state index in [1.807, 2.05) is 26.2 Å². The minimum atomic E-state index is -0.377. The first-order valence-corrected chi connectivity index (χ1v) is 10.4. The van der Waals surface area contributed by atoms with Crippen LogP contribution in [-0.2, 0) is 0 Å². The summed E-state index contributed by atoms with van der Waals surface area (Å²) in [5.41, 5.74) is 10.1. The molecule has 2 aliphatic rings. The van der Waals surface area contributed by atoms with Gasteiger partial charge in [0.05, 0.1) is 0 Å². The molecule has 0 saturated carbocycles. The van der Waals surface area contributed by atoms with Crippen molar-refractivity contribution in [1.82, 2.24) is 9.80 Å². The van der Waals surface area contributed by atoms with E-state index in [1.165, 1.54) is 18.4 Å². The number of urea groups is 1. The number of hydrogen-bond donors (Lipinski definition) is 1. The van der Waals surface area contributed by atoms with Crippen molar-refractivity contribution in [2.75, 3.05) is 27.2 Å². The molecule has 0 bridgehead atoms. The molecule has 0 atom stereocenters. The first-order chi connectivity index (χ1) is 13.3. The number of carbonyl (C=O) groups is 2. The Balaban J connectivity index is 1.94. The number of nitrogens with two attached hydrogens (primary N) is 1. The highest BCUT2D eigenvalue weighted by Gasteiger charge is 2.31. The Morgan fingerprint density at radius 2 is 1.82 bits per heavy atom. The van der Waals surface area contributed by atoms with Crippen LogP contribution in [0.1, 0.15) is 73.4 Å². The molecule has 3 amide bonds. The van der Waals surface area contributed by atoms with Crippen molar-refractivity contribution < 1.29 is 9.59 Å². The van der Waals surface area contributed by atoms with Crippen molar-refractivity contribution in [3.05, 3.63) is 41.0 Å². The fraction of sp³-hybridized carbons (Fsp3) is 0.565. The maximum atomic E-state index is 12.1. The van der Waals surface area contributed by atoms with Crippen molar-refractivity contribution in [3.63, 3.8) is 0 Å². The van der Waals surface area contributed by atoms with Gasteiger partial charge in [-0.15, -0.1) is 0 Å². The van der Waals surface area contributed by atoms with Crippen LogP contribution in [0.3, 0.4) is 0 Å². The van der Waals surface area contributed by atoms with Gasteiger partial charge in [0.25, 0.3) is 0 Å². The molecule has 0 unspecified atom stereocenters. The van der Waals surface area contributed by atoms with Crippen molar-refractivity contribution >= 4 is 17.5 Å². The third-order valence-corrected chi connectivity index (χ3v) is 6.97. The number of benzene rings is 1. The predicted molar refractivity (Wildman–Crippen MR) is 113 cm³/mol. The van der Waals surface area contributed by atoms with Gasteiger partial charge in [0.2, 0.25) is 5.91 Å². The number of hydrogen-bond acceptors (Lipinski definition) is 2. The minimum Gasteiger partial charge on any atom is -0.366 e. The molecule has 1 heterocycles. The number of primary amides is 1. The van der Waals surface area contributed by atoms with Crippen LogP contribution in [0.5, 0.6) is 0 Å². The monoisotopic (exact) mass is 383 g/mol. The van der Waals surface area contributed by atoms with Crippen molar-refractivity contribution in [2.24, 2.45) is 11.1 Å². The lowest BCUT2D eigenvalue weighted by Gasteiger charge is -2.37. The Hall–Kier alpha value is -2.30. The van der Waals surface area contributed by atoms with Gasteiger partial charge in [-0.25, -0.2) is 4.79 Å². The largest absolute Gasteiger partial charge is 0.366 e. The number of rotatable bonds is 5. The molecule has 3 rings (SSSR count). The molecule has 5 heteroatoms. The second-order valence-electron chi connectivity index (χ2n) is 8.55. The first-order valence-electron chi connectivity index (χ1n) is 10.4. The number of carbonyl (C=O) groups excluding carboxylic acids is 2. The molecule has 1 aromatic rings. The van der Waals surface area contributed by atoms with E-state index in [2.05, 4.69) is 26.0 Å². The fourth-order valence-corrected chi connectivity index (χ4v) is 4.75. The molecule has 28 heavy (non-hydrogen) atoms. The van der Waals surface area contributed by atoms with Gasteiger partial charge in [-0.1, -0.05) is 44.9 Å². The van der Waals surface area contributed by atoms with Gasteiger partial charge >= 0.3 is 6.03 Å². The van der Waals surface area contributed by atoms with Gasteiger partial charge in [0.15, 0.2) is 0 Å². The predicted octanol–water partition coefficient (Wildman–Crippen LogP) is 4.24. The molecule has 1 aliphatic heterocycles. The van der Waals surface area contributed by atoms with Crippen LogP contribution in [0, 0.1) is 5.41 Å². The molecule has 0 spiro atoms. The average Bonchev–Trinajstić information content (AvgIpc) is 2.71. The second kappa shape index (κ2) is 7.98. The lowest BCUT2D eigenvalue weighted by Crippen LogP contribution is -2.48. The van der Waals surface area contributed by atoms with Crippen LogP contribution >= 0.6 is 0 Å². The van der Waals surface area contributed by atoms with Crippen LogP contribution in [-0.4, -0.2) is 48.9 Å². The third-order valence-electron chi connectivity index (χ3n) is 6.97. The highest BCUT2D eigenvalue weighted by molar-refractivity contribution is 5.98. The summed E-state index contributed by atoms with van der Waals surface area (Å²) in [5.74, 6) is -0.152. The summed E-state index contributed by atoms with van der Waals surface area (Å²) in [6.07, 6.45) is 7.88. The van der Waals surface area contributed by atoms with Crippen LogP contribution < -0.4 is 5.73 Å². The second-order valence-corrected chi connectivity index (χ2v) is 8.55. The summed E-state index contributed by atoms with van der Waals surface area (Å²) >= 11 is 0. The zero-order valence-electron chi connectivity index (χ0n) is 17.6. The van der Waals surface area contributed by atoms with E-state index in [4.69, 9.17) is 5.73 Å². The van der Waals surface area contributed by atoms with Crippen LogP contribution in [0.4, 0.5) is 4.79 Å². The van der Waals surface area contributed by atoms with Gasteiger partial charge in [0.1, 0.15) is 0 Å². The molecule has 5 nitrogen and oxygen atoms in total. The molecule has 1 aromatic carbocycles. The smallest absolute Gasteiger partial charge is 0.319 e. The molecule has 1 fully saturated rings. The van der Waals surface area contributed by atoms with E-state index in [9.17, 15) is 9.59 Å². The number of amides is 3. The maximum Gasteiger partial charge on any atom is 0.319 e. The summed E-state index contributed by atoms with van der Waals surface area (Å²) < 4.78 is 0. The van der Waals surface area contributed by atoms with Gasteiger partial charge in [0, 0.05) is 38.7 Å². The van der Waals surface area contributed by atoms with Crippen molar-refractivity contribution in [1.29, 1.82) is 0 Å². The summed E-state index contributed by atoms with van der Waals surface area (Å²) in [6, 6.07) is 6.05. The number of allylic oxidation sites excluding steroid dienone is 2. The quantitative estimate of drug-likeness (QED) is 0.826. The van der Waals surface area contributed by atoms with E-state index in [0.717, 1.165) is 30.4 Å². The number of nitrogens with zero attached hydrogens (tertiary/aromatic N) is 2. The summed E-state index contributed by atoms with van der Waals surface area (Å²) in [5, 5.41) is 0. The van der Waals surface area contributed by atoms with Crippen LogP contribution in [0.15, 0.2) is 24.3 Å². The van der Waals surface area contributed by atoms with Crippen LogP contribution in [0.25, 0.3) is 5.57 Å². The van der Waals surface area contributed by atoms with Gasteiger partial charge in [-0.05, 0) is 47.4 Å². The summed E-state index contributed by atoms with van der Waals surface area (Å²) in [6.45, 7) is 5.92. The molecule has 0 aromatic heterocycles. The summed E-state index contributed by atoms with van der Waals surface area (Å²) in [7, 11) is 3.67.